The quantitative estimate of drug-likeness (QED) is 0.728. The summed E-state index contributed by atoms with van der Waals surface area (Å²) in [5.41, 5.74) is 0.875. The van der Waals surface area contributed by atoms with Gasteiger partial charge < -0.3 is 4.84 Å². The van der Waals surface area contributed by atoms with E-state index < -0.39 is 0 Å². The van der Waals surface area contributed by atoms with Crippen molar-refractivity contribution in [2.75, 3.05) is 0 Å². The molecule has 0 amide bonds. The first kappa shape index (κ1) is 12.5. The number of rotatable bonds is 3. The molecule has 100 valence electrons. The lowest BCUT2D eigenvalue weighted by atomic mass is 10.0. The summed E-state index contributed by atoms with van der Waals surface area (Å²) >= 11 is 0. The van der Waals surface area contributed by atoms with Gasteiger partial charge >= 0.3 is 0 Å². The van der Waals surface area contributed by atoms with E-state index >= 15 is 0 Å². The number of benzene rings is 2. The fraction of sp³-hybridized carbons (Fsp3) is 0.118. The fourth-order valence-electron chi connectivity index (χ4n) is 2.19. The molecule has 1 heterocycles. The van der Waals surface area contributed by atoms with Crippen molar-refractivity contribution < 1.29 is 4.84 Å². The average Bonchev–Trinajstić information content (AvgIpc) is 2.49. The Bertz CT molecular complexity index is 792. The van der Waals surface area contributed by atoms with Gasteiger partial charge in [0.2, 0.25) is 0 Å². The molecule has 20 heavy (non-hydrogen) atoms. The second kappa shape index (κ2) is 5.21. The molecule has 0 saturated heterocycles. The van der Waals surface area contributed by atoms with E-state index in [2.05, 4.69) is 24.3 Å². The van der Waals surface area contributed by atoms with Gasteiger partial charge in [-0.25, -0.2) is 0 Å². The normalized spacial score (nSPS) is 12.2. The number of pyridine rings is 1. The first-order valence-corrected chi connectivity index (χ1v) is 6.57. The van der Waals surface area contributed by atoms with Crippen molar-refractivity contribution in [2.45, 2.75) is 13.0 Å². The number of nitrogens with zero attached hydrogens (tertiary/aromatic N) is 1. The van der Waals surface area contributed by atoms with Crippen LogP contribution >= 0.6 is 0 Å². The van der Waals surface area contributed by atoms with Crippen LogP contribution < -0.4 is 10.4 Å². The molecule has 1 unspecified atom stereocenters. The average molecular weight is 265 g/mol. The molecular weight excluding hydrogens is 250 g/mol. The minimum atomic E-state index is -0.195. The Hall–Kier alpha value is -2.55. The zero-order chi connectivity index (χ0) is 13.9. The maximum absolute atomic E-state index is 11.6. The van der Waals surface area contributed by atoms with Gasteiger partial charge in [-0.1, -0.05) is 42.5 Å². The Morgan fingerprint density at radius 1 is 0.950 bits per heavy atom. The summed E-state index contributed by atoms with van der Waals surface area (Å²) in [4.78, 5) is 17.3. The highest BCUT2D eigenvalue weighted by Gasteiger charge is 2.08. The Balaban J connectivity index is 1.91. The summed E-state index contributed by atoms with van der Waals surface area (Å²) in [6, 6.07) is 19.3. The summed E-state index contributed by atoms with van der Waals surface area (Å²) < 4.78 is 1.26. The van der Waals surface area contributed by atoms with E-state index in [0.717, 1.165) is 5.56 Å². The van der Waals surface area contributed by atoms with Gasteiger partial charge in [-0.05, 0) is 35.4 Å². The third kappa shape index (κ3) is 2.43. The predicted octanol–water partition coefficient (Wildman–Crippen LogP) is 3.19. The number of fused-ring (bicyclic) bond motifs is 1. The van der Waals surface area contributed by atoms with Gasteiger partial charge in [0.05, 0.1) is 0 Å². The molecule has 3 rings (SSSR count). The SMILES string of the molecule is CC(On1ccccc1=O)c1ccc2ccccc2c1. The van der Waals surface area contributed by atoms with Crippen LogP contribution in [0.2, 0.25) is 0 Å². The van der Waals surface area contributed by atoms with Crippen LogP contribution in [0.4, 0.5) is 0 Å². The van der Waals surface area contributed by atoms with Crippen LogP contribution in [-0.2, 0) is 0 Å². The second-order valence-corrected chi connectivity index (χ2v) is 4.72. The summed E-state index contributed by atoms with van der Waals surface area (Å²) in [5, 5.41) is 2.36. The van der Waals surface area contributed by atoms with Crippen LogP contribution in [0, 0.1) is 0 Å². The lowest BCUT2D eigenvalue weighted by molar-refractivity contribution is 0.0409. The highest BCUT2D eigenvalue weighted by atomic mass is 16.7. The maximum Gasteiger partial charge on any atom is 0.282 e. The summed E-state index contributed by atoms with van der Waals surface area (Å²) in [6.07, 6.45) is 1.43. The van der Waals surface area contributed by atoms with Crippen molar-refractivity contribution in [1.82, 2.24) is 4.73 Å². The Morgan fingerprint density at radius 2 is 1.70 bits per heavy atom. The lowest BCUT2D eigenvalue weighted by Crippen LogP contribution is -2.27. The van der Waals surface area contributed by atoms with E-state index in [1.54, 1.807) is 18.3 Å². The molecule has 0 saturated carbocycles. The molecule has 3 aromatic rings. The minimum Gasteiger partial charge on any atom is -0.403 e. The largest absolute Gasteiger partial charge is 0.403 e. The molecule has 2 aromatic carbocycles. The summed E-state index contributed by atoms with van der Waals surface area (Å²) in [7, 11) is 0. The molecule has 3 heteroatoms. The molecule has 1 aromatic heterocycles. The van der Waals surface area contributed by atoms with E-state index in [9.17, 15) is 4.79 Å². The summed E-state index contributed by atoms with van der Waals surface area (Å²) in [6.45, 7) is 1.93. The third-order valence-corrected chi connectivity index (χ3v) is 3.30. The van der Waals surface area contributed by atoms with Gasteiger partial charge in [-0.3, -0.25) is 4.79 Å². The van der Waals surface area contributed by atoms with Crippen molar-refractivity contribution in [3.8, 4) is 0 Å². The Kier molecular flexibility index (Phi) is 3.25. The van der Waals surface area contributed by atoms with E-state index in [1.165, 1.54) is 21.6 Å². The molecule has 0 aliphatic carbocycles. The summed E-state index contributed by atoms with van der Waals surface area (Å²) in [5.74, 6) is 0. The standard InChI is InChI=1S/C17H15NO2/c1-13(20-18-11-5-4-8-17(18)19)15-10-9-14-6-2-3-7-16(14)12-15/h2-13H,1H3. The molecule has 1 atom stereocenters. The molecule has 3 nitrogen and oxygen atoms in total. The number of hydrogen-bond acceptors (Lipinski definition) is 2. The van der Waals surface area contributed by atoms with Crippen LogP contribution in [0.15, 0.2) is 71.7 Å². The van der Waals surface area contributed by atoms with Gasteiger partial charge in [-0.15, -0.1) is 0 Å². The van der Waals surface area contributed by atoms with Gasteiger partial charge in [0, 0.05) is 12.3 Å². The Morgan fingerprint density at radius 3 is 2.50 bits per heavy atom. The fourth-order valence-corrected chi connectivity index (χ4v) is 2.19. The van der Waals surface area contributed by atoms with Crippen LogP contribution in [0.25, 0.3) is 10.8 Å². The van der Waals surface area contributed by atoms with Gasteiger partial charge in [-0.2, -0.15) is 4.73 Å². The first-order chi connectivity index (χ1) is 9.74. The van der Waals surface area contributed by atoms with Crippen molar-refractivity contribution in [1.29, 1.82) is 0 Å². The molecule has 0 N–H and O–H groups in total. The molecular formula is C17H15NO2. The molecule has 0 fully saturated rings. The maximum atomic E-state index is 11.6. The lowest BCUT2D eigenvalue weighted by Gasteiger charge is -2.16. The minimum absolute atomic E-state index is 0.167. The van der Waals surface area contributed by atoms with E-state index in [0.29, 0.717) is 0 Å². The second-order valence-electron chi connectivity index (χ2n) is 4.72. The van der Waals surface area contributed by atoms with Crippen LogP contribution in [0.1, 0.15) is 18.6 Å². The topological polar surface area (TPSA) is 31.2 Å². The Labute approximate surface area is 117 Å². The third-order valence-electron chi connectivity index (χ3n) is 3.30. The van der Waals surface area contributed by atoms with Gasteiger partial charge in [0.25, 0.3) is 5.56 Å². The van der Waals surface area contributed by atoms with E-state index in [1.807, 2.05) is 25.1 Å². The van der Waals surface area contributed by atoms with Crippen LogP contribution in [0.3, 0.4) is 0 Å². The number of hydrogen-bond donors (Lipinski definition) is 0. The van der Waals surface area contributed by atoms with E-state index in [4.69, 9.17) is 4.84 Å². The highest BCUT2D eigenvalue weighted by Crippen LogP contribution is 2.20. The van der Waals surface area contributed by atoms with Crippen molar-refractivity contribution in [3.05, 3.63) is 82.8 Å². The smallest absolute Gasteiger partial charge is 0.282 e. The zero-order valence-electron chi connectivity index (χ0n) is 11.2. The molecule has 0 aliphatic rings. The van der Waals surface area contributed by atoms with Crippen molar-refractivity contribution in [2.24, 2.45) is 0 Å². The molecule has 0 aliphatic heterocycles. The molecule has 0 bridgehead atoms. The zero-order valence-corrected chi connectivity index (χ0v) is 11.2. The first-order valence-electron chi connectivity index (χ1n) is 6.57. The van der Waals surface area contributed by atoms with Crippen LogP contribution in [0.5, 0.6) is 0 Å². The van der Waals surface area contributed by atoms with Crippen molar-refractivity contribution >= 4 is 10.8 Å². The molecule has 0 spiro atoms. The monoisotopic (exact) mass is 265 g/mol. The van der Waals surface area contributed by atoms with Gasteiger partial charge in [0.1, 0.15) is 6.10 Å². The predicted molar refractivity (Wildman–Crippen MR) is 79.6 cm³/mol. The van der Waals surface area contributed by atoms with Gasteiger partial charge in [0.15, 0.2) is 0 Å². The van der Waals surface area contributed by atoms with Crippen LogP contribution in [-0.4, -0.2) is 4.73 Å². The van der Waals surface area contributed by atoms with Crippen molar-refractivity contribution in [3.63, 3.8) is 0 Å². The highest BCUT2D eigenvalue weighted by molar-refractivity contribution is 5.83. The number of aromatic nitrogens is 1. The van der Waals surface area contributed by atoms with E-state index in [-0.39, 0.29) is 11.7 Å². The molecule has 0 radical (unpaired) electrons.